The molecule has 1 rings (SSSR count). The molecular weight excluding hydrogens is 242 g/mol. The monoisotopic (exact) mass is 263 g/mol. The summed E-state index contributed by atoms with van der Waals surface area (Å²) >= 11 is 5.73. The van der Waals surface area contributed by atoms with Crippen molar-refractivity contribution in [2.45, 2.75) is 5.38 Å². The zero-order chi connectivity index (χ0) is 12.8. The Morgan fingerprint density at radius 2 is 1.82 bits per heavy atom. The van der Waals surface area contributed by atoms with Gasteiger partial charge in [0.2, 0.25) is 0 Å². The van der Waals surface area contributed by atoms with Crippen molar-refractivity contribution in [3.63, 3.8) is 0 Å². The van der Waals surface area contributed by atoms with Crippen LogP contribution in [0.3, 0.4) is 0 Å². The normalized spacial score (nSPS) is 20.7. The molecule has 1 atom stereocenters. The highest BCUT2D eigenvalue weighted by molar-refractivity contribution is 6.29. The standard InChI is InChI=1S/C11H22ClN3O2/c1-13(2)3-4-14-5-7-15(8-6-14)9-10(12)11(16)17/h10H,3-9H2,1-2H3,(H,16,17). The predicted octanol–water partition coefficient (Wildman–Crippen LogP) is -0.142. The van der Waals surface area contributed by atoms with E-state index in [9.17, 15) is 4.79 Å². The summed E-state index contributed by atoms with van der Waals surface area (Å²) in [6, 6.07) is 0. The Morgan fingerprint density at radius 3 is 2.29 bits per heavy atom. The minimum Gasteiger partial charge on any atom is -0.480 e. The topological polar surface area (TPSA) is 47.0 Å². The molecule has 1 fully saturated rings. The SMILES string of the molecule is CN(C)CCN1CCN(CC(Cl)C(=O)O)CC1. The van der Waals surface area contributed by atoms with Crippen molar-refractivity contribution in [1.29, 1.82) is 0 Å². The fourth-order valence-corrected chi connectivity index (χ4v) is 2.04. The third-order valence-electron chi connectivity index (χ3n) is 3.01. The number of hydrogen-bond donors (Lipinski definition) is 1. The molecule has 1 aliphatic rings. The number of carboxylic acid groups (broad SMARTS) is 1. The first-order chi connectivity index (χ1) is 7.99. The molecule has 0 aromatic rings. The van der Waals surface area contributed by atoms with Crippen molar-refractivity contribution >= 4 is 17.6 Å². The maximum absolute atomic E-state index is 10.6. The lowest BCUT2D eigenvalue weighted by atomic mass is 10.3. The van der Waals surface area contributed by atoms with E-state index in [1.54, 1.807) is 0 Å². The van der Waals surface area contributed by atoms with Crippen LogP contribution in [0.1, 0.15) is 0 Å². The summed E-state index contributed by atoms with van der Waals surface area (Å²) < 4.78 is 0. The van der Waals surface area contributed by atoms with Crippen LogP contribution in [0.15, 0.2) is 0 Å². The van der Waals surface area contributed by atoms with E-state index < -0.39 is 11.3 Å². The van der Waals surface area contributed by atoms with Gasteiger partial charge in [-0.25, -0.2) is 0 Å². The van der Waals surface area contributed by atoms with Gasteiger partial charge in [0.1, 0.15) is 5.38 Å². The molecule has 1 aliphatic heterocycles. The summed E-state index contributed by atoms with van der Waals surface area (Å²) in [5.74, 6) is -0.929. The predicted molar refractivity (Wildman–Crippen MR) is 68.7 cm³/mol. The van der Waals surface area contributed by atoms with Gasteiger partial charge < -0.3 is 10.0 Å². The van der Waals surface area contributed by atoms with Gasteiger partial charge in [0.05, 0.1) is 0 Å². The lowest BCUT2D eigenvalue weighted by molar-refractivity contribution is -0.137. The van der Waals surface area contributed by atoms with Gasteiger partial charge in [-0.2, -0.15) is 0 Å². The number of halogens is 1. The van der Waals surface area contributed by atoms with Gasteiger partial charge in [-0.1, -0.05) is 0 Å². The van der Waals surface area contributed by atoms with Crippen LogP contribution in [0.4, 0.5) is 0 Å². The third kappa shape index (κ3) is 5.68. The Hall–Kier alpha value is -0.360. The second-order valence-electron chi connectivity index (χ2n) is 4.75. The number of alkyl halides is 1. The fraction of sp³-hybridized carbons (Fsp3) is 0.909. The number of piperazine rings is 1. The molecule has 0 amide bonds. The minimum absolute atomic E-state index is 0.443. The van der Waals surface area contributed by atoms with Crippen LogP contribution in [-0.4, -0.2) is 91.1 Å². The Morgan fingerprint density at radius 1 is 1.29 bits per heavy atom. The molecule has 1 N–H and O–H groups in total. The van der Waals surface area contributed by atoms with Crippen molar-refractivity contribution < 1.29 is 9.90 Å². The quantitative estimate of drug-likeness (QED) is 0.676. The number of carbonyl (C=O) groups is 1. The smallest absolute Gasteiger partial charge is 0.322 e. The lowest BCUT2D eigenvalue weighted by Gasteiger charge is -2.35. The highest BCUT2D eigenvalue weighted by Gasteiger charge is 2.22. The molecule has 0 aromatic heterocycles. The molecule has 6 heteroatoms. The van der Waals surface area contributed by atoms with Crippen LogP contribution in [0, 0.1) is 0 Å². The number of likely N-dealkylation sites (N-methyl/N-ethyl adjacent to an activating group) is 1. The van der Waals surface area contributed by atoms with E-state index in [-0.39, 0.29) is 0 Å². The zero-order valence-corrected chi connectivity index (χ0v) is 11.4. The molecule has 1 unspecified atom stereocenters. The molecular formula is C11H22ClN3O2. The maximum atomic E-state index is 10.6. The van der Waals surface area contributed by atoms with E-state index in [1.807, 2.05) is 0 Å². The summed E-state index contributed by atoms with van der Waals surface area (Å²) in [7, 11) is 4.14. The molecule has 0 bridgehead atoms. The van der Waals surface area contributed by atoms with Crippen LogP contribution >= 0.6 is 11.6 Å². The van der Waals surface area contributed by atoms with Crippen molar-refractivity contribution in [2.24, 2.45) is 0 Å². The number of hydrogen-bond acceptors (Lipinski definition) is 4. The Kier molecular flexibility index (Phi) is 6.19. The van der Waals surface area contributed by atoms with E-state index in [1.165, 1.54) is 0 Å². The molecule has 1 saturated heterocycles. The Balaban J connectivity index is 2.19. The summed E-state index contributed by atoms with van der Waals surface area (Å²) in [5.41, 5.74) is 0. The van der Waals surface area contributed by atoms with Crippen molar-refractivity contribution in [3.8, 4) is 0 Å². The third-order valence-corrected chi connectivity index (χ3v) is 3.34. The first-order valence-corrected chi connectivity index (χ1v) is 6.39. The first-order valence-electron chi connectivity index (χ1n) is 5.95. The molecule has 17 heavy (non-hydrogen) atoms. The molecule has 100 valence electrons. The summed E-state index contributed by atoms with van der Waals surface area (Å²) in [5, 5.41) is 7.95. The van der Waals surface area contributed by atoms with E-state index in [0.29, 0.717) is 6.54 Å². The minimum atomic E-state index is -0.929. The molecule has 0 radical (unpaired) electrons. The summed E-state index contributed by atoms with van der Waals surface area (Å²) in [6.45, 7) is 6.39. The first kappa shape index (κ1) is 14.7. The maximum Gasteiger partial charge on any atom is 0.322 e. The molecule has 0 spiro atoms. The van der Waals surface area contributed by atoms with Gasteiger partial charge in [0.15, 0.2) is 0 Å². The van der Waals surface area contributed by atoms with Gasteiger partial charge in [-0.3, -0.25) is 14.6 Å². The molecule has 0 aliphatic carbocycles. The van der Waals surface area contributed by atoms with Crippen LogP contribution in [0.5, 0.6) is 0 Å². The van der Waals surface area contributed by atoms with Gasteiger partial charge in [0.25, 0.3) is 0 Å². The van der Waals surface area contributed by atoms with E-state index in [2.05, 4.69) is 28.8 Å². The van der Waals surface area contributed by atoms with Crippen molar-refractivity contribution in [3.05, 3.63) is 0 Å². The second-order valence-corrected chi connectivity index (χ2v) is 5.28. The Bertz CT molecular complexity index is 243. The van der Waals surface area contributed by atoms with Gasteiger partial charge in [-0.05, 0) is 14.1 Å². The van der Waals surface area contributed by atoms with Gasteiger partial charge >= 0.3 is 5.97 Å². The highest BCUT2D eigenvalue weighted by atomic mass is 35.5. The number of rotatable bonds is 6. The van der Waals surface area contributed by atoms with E-state index in [4.69, 9.17) is 16.7 Å². The van der Waals surface area contributed by atoms with Crippen LogP contribution in [-0.2, 0) is 4.79 Å². The number of carboxylic acids is 1. The van der Waals surface area contributed by atoms with E-state index in [0.717, 1.165) is 39.3 Å². The molecule has 5 nitrogen and oxygen atoms in total. The van der Waals surface area contributed by atoms with Crippen LogP contribution < -0.4 is 0 Å². The average Bonchev–Trinajstić information content (AvgIpc) is 2.28. The van der Waals surface area contributed by atoms with Gasteiger partial charge in [-0.15, -0.1) is 11.6 Å². The lowest BCUT2D eigenvalue weighted by Crippen LogP contribution is -2.49. The largest absolute Gasteiger partial charge is 0.480 e. The van der Waals surface area contributed by atoms with Crippen molar-refractivity contribution in [1.82, 2.24) is 14.7 Å². The van der Waals surface area contributed by atoms with Crippen molar-refractivity contribution in [2.75, 3.05) is 59.9 Å². The fourth-order valence-electron chi connectivity index (χ4n) is 1.84. The number of nitrogens with zero attached hydrogens (tertiary/aromatic N) is 3. The summed E-state index contributed by atoms with van der Waals surface area (Å²) in [6.07, 6.45) is 0. The molecule has 0 aromatic carbocycles. The Labute approximate surface area is 108 Å². The zero-order valence-electron chi connectivity index (χ0n) is 10.6. The summed E-state index contributed by atoms with van der Waals surface area (Å²) in [4.78, 5) is 17.3. The van der Waals surface area contributed by atoms with Gasteiger partial charge in [0, 0.05) is 45.8 Å². The average molecular weight is 264 g/mol. The molecule has 0 saturated carbocycles. The number of aliphatic carboxylic acids is 1. The van der Waals surface area contributed by atoms with Crippen LogP contribution in [0.25, 0.3) is 0 Å². The highest BCUT2D eigenvalue weighted by Crippen LogP contribution is 2.05. The second kappa shape index (κ2) is 7.16. The van der Waals surface area contributed by atoms with E-state index >= 15 is 0 Å². The molecule has 1 heterocycles. The van der Waals surface area contributed by atoms with Crippen LogP contribution in [0.2, 0.25) is 0 Å².